The number of hydrogen-bond acceptors (Lipinski definition) is 5. The number of ether oxygens (including phenoxy) is 2. The van der Waals surface area contributed by atoms with Gasteiger partial charge >= 0.3 is 5.97 Å². The minimum atomic E-state index is -1.09. The van der Waals surface area contributed by atoms with E-state index in [1.54, 1.807) is 36.4 Å². The molecule has 0 atom stereocenters. The standard InChI is InChI=1S/C17H15ClN2O5/c1-24-15-7-11(5-6-14(15)25-10-16(21)22)9-19-20-17(23)12-3-2-4-13(18)8-12/h2-9H,10H2,1H3,(H,20,23)(H,21,22)/b19-9-. The maximum atomic E-state index is 11.9. The highest BCUT2D eigenvalue weighted by molar-refractivity contribution is 6.30. The fraction of sp³-hybridized carbons (Fsp3) is 0.118. The molecule has 0 unspecified atom stereocenters. The summed E-state index contributed by atoms with van der Waals surface area (Å²) in [5.74, 6) is -0.833. The molecule has 0 aromatic heterocycles. The lowest BCUT2D eigenvalue weighted by molar-refractivity contribution is -0.139. The van der Waals surface area contributed by atoms with E-state index in [0.717, 1.165) is 0 Å². The van der Waals surface area contributed by atoms with Crippen LogP contribution in [0.1, 0.15) is 15.9 Å². The van der Waals surface area contributed by atoms with Crippen LogP contribution in [-0.4, -0.2) is 36.9 Å². The number of hydrogen-bond donors (Lipinski definition) is 2. The predicted molar refractivity (Wildman–Crippen MR) is 92.6 cm³/mol. The molecule has 0 spiro atoms. The fourth-order valence-electron chi connectivity index (χ4n) is 1.88. The quantitative estimate of drug-likeness (QED) is 0.582. The highest BCUT2D eigenvalue weighted by atomic mass is 35.5. The van der Waals surface area contributed by atoms with Crippen LogP contribution in [-0.2, 0) is 4.79 Å². The van der Waals surface area contributed by atoms with Crippen LogP contribution in [0, 0.1) is 0 Å². The van der Waals surface area contributed by atoms with Gasteiger partial charge in [0.25, 0.3) is 5.91 Å². The topological polar surface area (TPSA) is 97.2 Å². The number of benzene rings is 2. The van der Waals surface area contributed by atoms with Gasteiger partial charge in [0.2, 0.25) is 0 Å². The smallest absolute Gasteiger partial charge is 0.341 e. The number of carboxylic acid groups (broad SMARTS) is 1. The first kappa shape index (κ1) is 18.3. The highest BCUT2D eigenvalue weighted by Gasteiger charge is 2.08. The van der Waals surface area contributed by atoms with Gasteiger partial charge in [-0.05, 0) is 42.0 Å². The van der Waals surface area contributed by atoms with Crippen molar-refractivity contribution in [2.24, 2.45) is 5.10 Å². The van der Waals surface area contributed by atoms with Crippen molar-refractivity contribution in [2.45, 2.75) is 0 Å². The van der Waals surface area contributed by atoms with E-state index in [1.807, 2.05) is 0 Å². The second kappa shape index (κ2) is 8.70. The van der Waals surface area contributed by atoms with Crippen LogP contribution in [0.25, 0.3) is 0 Å². The molecule has 0 aliphatic rings. The van der Waals surface area contributed by atoms with Crippen molar-refractivity contribution in [2.75, 3.05) is 13.7 Å². The number of nitrogens with zero attached hydrogens (tertiary/aromatic N) is 1. The van der Waals surface area contributed by atoms with Gasteiger partial charge in [0.05, 0.1) is 13.3 Å². The highest BCUT2D eigenvalue weighted by Crippen LogP contribution is 2.27. The maximum Gasteiger partial charge on any atom is 0.341 e. The van der Waals surface area contributed by atoms with Crippen LogP contribution in [0.4, 0.5) is 0 Å². The van der Waals surface area contributed by atoms with Crippen LogP contribution >= 0.6 is 11.6 Å². The van der Waals surface area contributed by atoms with Crippen molar-refractivity contribution >= 4 is 29.7 Å². The van der Waals surface area contributed by atoms with Crippen LogP contribution in [0.3, 0.4) is 0 Å². The lowest BCUT2D eigenvalue weighted by Gasteiger charge is -2.09. The van der Waals surface area contributed by atoms with Crippen molar-refractivity contribution in [3.05, 3.63) is 58.6 Å². The zero-order valence-corrected chi connectivity index (χ0v) is 14.0. The van der Waals surface area contributed by atoms with Gasteiger partial charge in [-0.15, -0.1) is 0 Å². The molecule has 0 aliphatic heterocycles. The van der Waals surface area contributed by atoms with E-state index in [4.69, 9.17) is 26.2 Å². The minimum absolute atomic E-state index is 0.296. The molecule has 1 amide bonds. The first-order chi connectivity index (χ1) is 12.0. The Labute approximate surface area is 148 Å². The fourth-order valence-corrected chi connectivity index (χ4v) is 2.07. The Kier molecular flexibility index (Phi) is 6.36. The molecular formula is C17H15ClN2O5. The van der Waals surface area contributed by atoms with E-state index < -0.39 is 18.5 Å². The average molecular weight is 363 g/mol. The number of amides is 1. The van der Waals surface area contributed by atoms with E-state index in [0.29, 0.717) is 27.6 Å². The van der Waals surface area contributed by atoms with Crippen molar-refractivity contribution in [1.29, 1.82) is 0 Å². The summed E-state index contributed by atoms with van der Waals surface area (Å²) in [6.07, 6.45) is 1.42. The Morgan fingerprint density at radius 3 is 2.72 bits per heavy atom. The number of rotatable bonds is 7. The normalized spacial score (nSPS) is 10.5. The summed E-state index contributed by atoms with van der Waals surface area (Å²) < 4.78 is 10.3. The first-order valence-electron chi connectivity index (χ1n) is 7.11. The van der Waals surface area contributed by atoms with E-state index in [1.165, 1.54) is 19.4 Å². The third kappa shape index (κ3) is 5.50. The van der Waals surface area contributed by atoms with Crippen molar-refractivity contribution in [3.8, 4) is 11.5 Å². The van der Waals surface area contributed by atoms with Crippen molar-refractivity contribution < 1.29 is 24.2 Å². The van der Waals surface area contributed by atoms with E-state index >= 15 is 0 Å². The summed E-state index contributed by atoms with van der Waals surface area (Å²) in [6.45, 7) is -0.473. The number of aliphatic carboxylic acids is 1. The van der Waals surface area contributed by atoms with E-state index in [-0.39, 0.29) is 0 Å². The Morgan fingerprint density at radius 2 is 2.04 bits per heavy atom. The number of carboxylic acids is 1. The predicted octanol–water partition coefficient (Wildman–Crippen LogP) is 2.58. The Balaban J connectivity index is 2.03. The molecule has 0 heterocycles. The Hall–Kier alpha value is -3.06. The van der Waals surface area contributed by atoms with Crippen LogP contribution in [0.5, 0.6) is 11.5 Å². The summed E-state index contributed by atoms with van der Waals surface area (Å²) in [4.78, 5) is 22.5. The zero-order chi connectivity index (χ0) is 18.2. The molecule has 130 valence electrons. The summed E-state index contributed by atoms with van der Waals surface area (Å²) in [7, 11) is 1.44. The van der Waals surface area contributed by atoms with Gasteiger partial charge in [0.1, 0.15) is 0 Å². The molecule has 2 rings (SSSR count). The molecule has 0 radical (unpaired) electrons. The van der Waals surface area contributed by atoms with Gasteiger partial charge in [-0.1, -0.05) is 17.7 Å². The summed E-state index contributed by atoms with van der Waals surface area (Å²) in [5.41, 5.74) is 3.41. The van der Waals surface area contributed by atoms with E-state index in [2.05, 4.69) is 10.5 Å². The molecular weight excluding hydrogens is 348 g/mol. The second-order valence-corrected chi connectivity index (χ2v) is 5.24. The molecule has 7 nitrogen and oxygen atoms in total. The molecule has 0 saturated heterocycles. The number of nitrogens with one attached hydrogen (secondary N) is 1. The summed E-state index contributed by atoms with van der Waals surface area (Å²) in [6, 6.07) is 11.3. The van der Waals surface area contributed by atoms with Gasteiger partial charge < -0.3 is 14.6 Å². The monoisotopic (exact) mass is 362 g/mol. The molecule has 0 fully saturated rings. The molecule has 0 aliphatic carbocycles. The number of methoxy groups -OCH3 is 1. The summed E-state index contributed by atoms with van der Waals surface area (Å²) >= 11 is 5.83. The second-order valence-electron chi connectivity index (χ2n) is 4.80. The van der Waals surface area contributed by atoms with E-state index in [9.17, 15) is 9.59 Å². The van der Waals surface area contributed by atoms with Gasteiger partial charge in [-0.2, -0.15) is 5.10 Å². The Bertz CT molecular complexity index is 807. The summed E-state index contributed by atoms with van der Waals surface area (Å²) in [5, 5.41) is 13.0. The third-order valence-electron chi connectivity index (χ3n) is 3.01. The van der Waals surface area contributed by atoms with Crippen LogP contribution < -0.4 is 14.9 Å². The van der Waals surface area contributed by atoms with Crippen molar-refractivity contribution in [1.82, 2.24) is 5.43 Å². The number of halogens is 1. The number of hydrazone groups is 1. The van der Waals surface area contributed by atoms with Gasteiger partial charge in [0, 0.05) is 10.6 Å². The van der Waals surface area contributed by atoms with Crippen LogP contribution in [0.15, 0.2) is 47.6 Å². The van der Waals surface area contributed by atoms with Gasteiger partial charge in [-0.25, -0.2) is 10.2 Å². The number of carbonyl (C=O) groups is 2. The average Bonchev–Trinajstić information content (AvgIpc) is 2.60. The SMILES string of the molecule is COc1cc(/C=N\NC(=O)c2cccc(Cl)c2)ccc1OCC(=O)O. The Morgan fingerprint density at radius 1 is 1.24 bits per heavy atom. The zero-order valence-electron chi connectivity index (χ0n) is 13.2. The minimum Gasteiger partial charge on any atom is -0.493 e. The first-order valence-corrected chi connectivity index (χ1v) is 7.49. The molecule has 2 aromatic carbocycles. The molecule has 2 N–H and O–H groups in total. The van der Waals surface area contributed by atoms with Gasteiger partial charge in [-0.3, -0.25) is 4.79 Å². The molecule has 0 saturated carbocycles. The molecule has 0 bridgehead atoms. The molecule has 2 aromatic rings. The lowest BCUT2D eigenvalue weighted by Crippen LogP contribution is -2.17. The lowest BCUT2D eigenvalue weighted by atomic mass is 10.2. The maximum absolute atomic E-state index is 11.9. The molecule has 8 heteroatoms. The third-order valence-corrected chi connectivity index (χ3v) is 3.24. The number of carbonyl (C=O) groups excluding carboxylic acids is 1. The van der Waals surface area contributed by atoms with Crippen LogP contribution in [0.2, 0.25) is 5.02 Å². The van der Waals surface area contributed by atoms with Gasteiger partial charge in [0.15, 0.2) is 18.1 Å². The van der Waals surface area contributed by atoms with Crippen molar-refractivity contribution in [3.63, 3.8) is 0 Å². The molecule has 25 heavy (non-hydrogen) atoms. The largest absolute Gasteiger partial charge is 0.493 e.